The molecule has 0 bridgehead atoms. The van der Waals surface area contributed by atoms with Crippen molar-refractivity contribution < 1.29 is 0 Å². The van der Waals surface area contributed by atoms with Crippen LogP contribution in [-0.2, 0) is 20.0 Å². The van der Waals surface area contributed by atoms with Gasteiger partial charge in [-0.25, -0.2) is 0 Å². The number of halogens is 1. The van der Waals surface area contributed by atoms with Crippen molar-refractivity contribution in [3.63, 3.8) is 0 Å². The largest absolute Gasteiger partial charge is 0.293 e. The van der Waals surface area contributed by atoms with Crippen LogP contribution in [0.4, 0.5) is 0 Å². The van der Waals surface area contributed by atoms with Gasteiger partial charge in [-0.15, -0.1) is 0 Å². The second kappa shape index (κ2) is 5.97. The molecule has 0 amide bonds. The molecule has 0 saturated carbocycles. The molecule has 3 nitrogen and oxygen atoms in total. The maximum Gasteiger partial charge on any atom is 0.0767 e. The number of hydrogen-bond acceptors (Lipinski definition) is 3. The van der Waals surface area contributed by atoms with Gasteiger partial charge in [0, 0.05) is 37.2 Å². The van der Waals surface area contributed by atoms with Crippen molar-refractivity contribution in [2.24, 2.45) is 7.05 Å². The molecule has 2 rings (SSSR count). The number of nitrogens with zero attached hydrogens (tertiary/aromatic N) is 3. The topological polar surface area (TPSA) is 21.1 Å². The van der Waals surface area contributed by atoms with Crippen LogP contribution in [-0.4, -0.2) is 38.3 Å². The highest BCUT2D eigenvalue weighted by Gasteiger charge is 2.26. The Labute approximate surface area is 122 Å². The monoisotopic (exact) mass is 331 g/mol. The van der Waals surface area contributed by atoms with Crippen molar-refractivity contribution in [1.29, 1.82) is 0 Å². The summed E-state index contributed by atoms with van der Waals surface area (Å²) in [6.07, 6.45) is 0.982. The van der Waals surface area contributed by atoms with Gasteiger partial charge >= 0.3 is 0 Å². The highest BCUT2D eigenvalue weighted by atomic mass is 79.9. The average molecular weight is 332 g/mol. The molecule has 2 heterocycles. The van der Waals surface area contributed by atoms with Crippen molar-refractivity contribution in [2.45, 2.75) is 45.0 Å². The summed E-state index contributed by atoms with van der Waals surface area (Å²) in [6.45, 7) is 8.99. The molecule has 102 valence electrons. The standard InChI is InChI=1S/C13H22BrN3S/c1-5-11-13(14)12(16(4)15-11)8-17-6-7-18-10(3)9(17)2/h9-10H,5-8H2,1-4H3. The molecule has 1 aliphatic heterocycles. The smallest absolute Gasteiger partial charge is 0.0767 e. The summed E-state index contributed by atoms with van der Waals surface area (Å²) < 4.78 is 3.23. The highest BCUT2D eigenvalue weighted by molar-refractivity contribution is 9.10. The lowest BCUT2D eigenvalue weighted by molar-refractivity contribution is 0.199. The van der Waals surface area contributed by atoms with Crippen molar-refractivity contribution in [3.8, 4) is 0 Å². The minimum Gasteiger partial charge on any atom is -0.293 e. The van der Waals surface area contributed by atoms with Gasteiger partial charge < -0.3 is 0 Å². The lowest BCUT2D eigenvalue weighted by Gasteiger charge is -2.37. The normalized spacial score (nSPS) is 25.6. The van der Waals surface area contributed by atoms with Crippen LogP contribution in [0, 0.1) is 0 Å². The van der Waals surface area contributed by atoms with E-state index in [1.807, 2.05) is 11.7 Å². The maximum absolute atomic E-state index is 4.58. The SMILES string of the molecule is CCc1nn(C)c(CN2CCSC(C)C2C)c1Br. The van der Waals surface area contributed by atoms with E-state index in [2.05, 4.69) is 58.5 Å². The Bertz CT molecular complexity index is 419. The first kappa shape index (κ1) is 14.4. The Hall–Kier alpha value is -0.000000000000000111. The molecule has 1 saturated heterocycles. The minimum atomic E-state index is 0.635. The van der Waals surface area contributed by atoms with Crippen LogP contribution in [0.15, 0.2) is 4.47 Å². The molecular weight excluding hydrogens is 310 g/mol. The first-order valence-corrected chi connectivity index (χ1v) is 8.44. The molecule has 1 aromatic heterocycles. The zero-order valence-corrected chi connectivity index (χ0v) is 14.0. The van der Waals surface area contributed by atoms with Gasteiger partial charge in [0.05, 0.1) is 15.9 Å². The summed E-state index contributed by atoms with van der Waals surface area (Å²) in [7, 11) is 2.05. The van der Waals surface area contributed by atoms with Crippen LogP contribution in [0.3, 0.4) is 0 Å². The minimum absolute atomic E-state index is 0.635. The lowest BCUT2D eigenvalue weighted by Crippen LogP contribution is -2.44. The molecule has 1 fully saturated rings. The summed E-state index contributed by atoms with van der Waals surface area (Å²) in [4.78, 5) is 2.57. The van der Waals surface area contributed by atoms with E-state index in [1.165, 1.54) is 28.2 Å². The number of aromatic nitrogens is 2. The molecule has 0 aromatic carbocycles. The number of thioether (sulfide) groups is 1. The van der Waals surface area contributed by atoms with Crippen molar-refractivity contribution >= 4 is 27.7 Å². The fraction of sp³-hybridized carbons (Fsp3) is 0.769. The summed E-state index contributed by atoms with van der Waals surface area (Å²) in [5.74, 6) is 1.24. The molecule has 0 radical (unpaired) electrons. The molecule has 1 aromatic rings. The molecule has 0 N–H and O–H groups in total. The van der Waals surface area contributed by atoms with E-state index >= 15 is 0 Å². The molecule has 1 aliphatic rings. The third-order valence-electron chi connectivity index (χ3n) is 3.87. The maximum atomic E-state index is 4.58. The van der Waals surface area contributed by atoms with Gasteiger partial charge in [0.2, 0.25) is 0 Å². The number of aryl methyl sites for hydroxylation is 2. The van der Waals surface area contributed by atoms with Gasteiger partial charge in [0.25, 0.3) is 0 Å². The molecule has 2 atom stereocenters. The van der Waals surface area contributed by atoms with Crippen LogP contribution in [0.25, 0.3) is 0 Å². The van der Waals surface area contributed by atoms with Crippen LogP contribution in [0.5, 0.6) is 0 Å². The van der Waals surface area contributed by atoms with E-state index in [0.717, 1.165) is 18.2 Å². The Morgan fingerprint density at radius 3 is 2.78 bits per heavy atom. The third kappa shape index (κ3) is 2.78. The van der Waals surface area contributed by atoms with E-state index in [1.54, 1.807) is 0 Å². The van der Waals surface area contributed by atoms with Gasteiger partial charge in [-0.05, 0) is 29.3 Å². The lowest BCUT2D eigenvalue weighted by atomic mass is 10.2. The van der Waals surface area contributed by atoms with Crippen LogP contribution >= 0.6 is 27.7 Å². The molecule has 5 heteroatoms. The average Bonchev–Trinajstić information content (AvgIpc) is 2.62. The first-order chi connectivity index (χ1) is 8.54. The number of hydrogen-bond donors (Lipinski definition) is 0. The second-order valence-electron chi connectivity index (χ2n) is 4.97. The molecule has 2 unspecified atom stereocenters. The third-order valence-corrected chi connectivity index (χ3v) is 6.12. The fourth-order valence-electron chi connectivity index (χ4n) is 2.40. The fourth-order valence-corrected chi connectivity index (χ4v) is 4.31. The van der Waals surface area contributed by atoms with Gasteiger partial charge in [-0.1, -0.05) is 13.8 Å². The highest BCUT2D eigenvalue weighted by Crippen LogP contribution is 2.28. The van der Waals surface area contributed by atoms with Gasteiger partial charge in [0.15, 0.2) is 0 Å². The molecule has 0 aliphatic carbocycles. The van der Waals surface area contributed by atoms with Gasteiger partial charge in [0.1, 0.15) is 0 Å². The molecule has 18 heavy (non-hydrogen) atoms. The molecular formula is C13H22BrN3S. The van der Waals surface area contributed by atoms with Crippen molar-refractivity contribution in [3.05, 3.63) is 15.9 Å². The Kier molecular flexibility index (Phi) is 4.78. The van der Waals surface area contributed by atoms with Crippen molar-refractivity contribution in [2.75, 3.05) is 12.3 Å². The van der Waals surface area contributed by atoms with Crippen LogP contribution in [0.2, 0.25) is 0 Å². The molecule has 0 spiro atoms. The zero-order chi connectivity index (χ0) is 13.3. The summed E-state index contributed by atoms with van der Waals surface area (Å²) >= 11 is 5.79. The van der Waals surface area contributed by atoms with Crippen molar-refractivity contribution in [1.82, 2.24) is 14.7 Å². The first-order valence-electron chi connectivity index (χ1n) is 6.60. The van der Waals surface area contributed by atoms with E-state index in [0.29, 0.717) is 6.04 Å². The summed E-state index contributed by atoms with van der Waals surface area (Å²) in [5.41, 5.74) is 2.47. The van der Waals surface area contributed by atoms with Gasteiger partial charge in [-0.3, -0.25) is 9.58 Å². The Morgan fingerprint density at radius 1 is 1.44 bits per heavy atom. The summed E-state index contributed by atoms with van der Waals surface area (Å²) in [6, 6.07) is 0.635. The van der Waals surface area contributed by atoms with Gasteiger partial charge in [-0.2, -0.15) is 16.9 Å². The van der Waals surface area contributed by atoms with E-state index in [4.69, 9.17) is 0 Å². The zero-order valence-electron chi connectivity index (χ0n) is 11.6. The number of rotatable bonds is 3. The Balaban J connectivity index is 2.16. The Morgan fingerprint density at radius 2 is 2.17 bits per heavy atom. The van der Waals surface area contributed by atoms with E-state index in [9.17, 15) is 0 Å². The summed E-state index contributed by atoms with van der Waals surface area (Å²) in [5, 5.41) is 5.30. The van der Waals surface area contributed by atoms with Crippen LogP contribution in [0.1, 0.15) is 32.2 Å². The quantitative estimate of drug-likeness (QED) is 0.849. The van der Waals surface area contributed by atoms with E-state index < -0.39 is 0 Å². The van der Waals surface area contributed by atoms with Crippen LogP contribution < -0.4 is 0 Å². The van der Waals surface area contributed by atoms with E-state index in [-0.39, 0.29) is 0 Å². The predicted octanol–water partition coefficient (Wildman–Crippen LogP) is 3.07. The predicted molar refractivity (Wildman–Crippen MR) is 82.1 cm³/mol. The second-order valence-corrected chi connectivity index (χ2v) is 7.25.